The molecule has 0 aliphatic heterocycles. The molecule has 21 heavy (non-hydrogen) atoms. The van der Waals surface area contributed by atoms with Crippen molar-refractivity contribution in [2.45, 2.75) is 32.1 Å². The van der Waals surface area contributed by atoms with Crippen LogP contribution in [-0.2, 0) is 0 Å². The van der Waals surface area contributed by atoms with E-state index in [1.54, 1.807) is 0 Å². The van der Waals surface area contributed by atoms with Crippen LogP contribution in [0, 0.1) is 16.0 Å². The first-order valence-corrected chi connectivity index (χ1v) is 7.38. The molecular weight excluding hydrogens is 294 g/mol. The Bertz CT molecular complexity index is 557. The summed E-state index contributed by atoms with van der Waals surface area (Å²) in [5, 5.41) is 13.6. The van der Waals surface area contributed by atoms with Crippen LogP contribution in [0.4, 0.5) is 11.4 Å². The number of benzene rings is 1. The molecule has 2 rings (SSSR count). The highest BCUT2D eigenvalue weighted by Gasteiger charge is 2.19. The fraction of sp³-hybridized carbons (Fsp3) is 0.500. The monoisotopic (exact) mass is 311 g/mol. The minimum Gasteiger partial charge on any atom is -0.397 e. The Morgan fingerprint density at radius 3 is 2.71 bits per heavy atom. The number of nitro groups is 1. The number of nitrogen functional groups attached to an aromatic ring is 1. The molecule has 114 valence electrons. The molecular formula is C14H18ClN3O3. The number of carbonyl (C=O) groups excluding carboxylic acids is 1. The third kappa shape index (κ3) is 3.85. The number of nitrogens with one attached hydrogen (secondary N) is 1. The lowest BCUT2D eigenvalue weighted by molar-refractivity contribution is -0.384. The maximum Gasteiger partial charge on any atom is 0.271 e. The summed E-state index contributed by atoms with van der Waals surface area (Å²) < 4.78 is 0. The summed E-state index contributed by atoms with van der Waals surface area (Å²) in [6.45, 7) is 0.545. The van der Waals surface area contributed by atoms with Crippen molar-refractivity contribution in [2.75, 3.05) is 12.3 Å². The third-order valence-electron chi connectivity index (χ3n) is 3.88. The Morgan fingerprint density at radius 2 is 2.10 bits per heavy atom. The third-order valence-corrected chi connectivity index (χ3v) is 4.20. The molecule has 0 heterocycles. The van der Waals surface area contributed by atoms with Crippen LogP contribution in [0.1, 0.15) is 42.5 Å². The Labute approximate surface area is 127 Å². The number of hydrogen-bond acceptors (Lipinski definition) is 4. The average molecular weight is 312 g/mol. The van der Waals surface area contributed by atoms with E-state index in [0.29, 0.717) is 12.5 Å². The lowest BCUT2D eigenvalue weighted by atomic mass is 10.0. The lowest BCUT2D eigenvalue weighted by Crippen LogP contribution is -2.26. The summed E-state index contributed by atoms with van der Waals surface area (Å²) in [7, 11) is 0. The van der Waals surface area contributed by atoms with Crippen LogP contribution in [0.3, 0.4) is 0 Å². The second-order valence-electron chi connectivity index (χ2n) is 5.34. The van der Waals surface area contributed by atoms with Gasteiger partial charge in [0.2, 0.25) is 0 Å². The number of non-ortho nitro benzene ring substituents is 1. The molecule has 0 unspecified atom stereocenters. The van der Waals surface area contributed by atoms with E-state index >= 15 is 0 Å². The van der Waals surface area contributed by atoms with Crippen molar-refractivity contribution in [3.8, 4) is 0 Å². The van der Waals surface area contributed by atoms with Gasteiger partial charge in [0.05, 0.1) is 21.2 Å². The molecule has 1 amide bonds. The van der Waals surface area contributed by atoms with Crippen molar-refractivity contribution in [3.05, 3.63) is 32.8 Å². The molecule has 0 aromatic heterocycles. The molecule has 0 atom stereocenters. The zero-order valence-corrected chi connectivity index (χ0v) is 12.4. The number of hydrogen-bond donors (Lipinski definition) is 2. The van der Waals surface area contributed by atoms with E-state index < -0.39 is 10.8 Å². The van der Waals surface area contributed by atoms with Crippen molar-refractivity contribution in [2.24, 2.45) is 5.92 Å². The van der Waals surface area contributed by atoms with Gasteiger partial charge in [-0.05, 0) is 12.3 Å². The SMILES string of the molecule is Nc1c(Cl)cc([N+](=O)[O-])cc1C(=O)NCCC1CCCC1. The highest BCUT2D eigenvalue weighted by molar-refractivity contribution is 6.34. The number of carbonyl (C=O) groups is 1. The van der Waals surface area contributed by atoms with Gasteiger partial charge in [0, 0.05) is 18.7 Å². The van der Waals surface area contributed by atoms with Crippen LogP contribution in [0.5, 0.6) is 0 Å². The van der Waals surface area contributed by atoms with Crippen molar-refractivity contribution < 1.29 is 9.72 Å². The van der Waals surface area contributed by atoms with E-state index in [4.69, 9.17) is 17.3 Å². The summed E-state index contributed by atoms with van der Waals surface area (Å²) in [5.41, 5.74) is 5.62. The van der Waals surface area contributed by atoms with Gasteiger partial charge < -0.3 is 11.1 Å². The summed E-state index contributed by atoms with van der Waals surface area (Å²) >= 11 is 5.84. The van der Waals surface area contributed by atoms with E-state index in [2.05, 4.69) is 5.32 Å². The number of rotatable bonds is 5. The quantitative estimate of drug-likeness (QED) is 0.496. The first kappa shape index (κ1) is 15.6. The molecule has 0 saturated heterocycles. The van der Waals surface area contributed by atoms with Crippen molar-refractivity contribution in [3.63, 3.8) is 0 Å². The van der Waals surface area contributed by atoms with E-state index in [0.717, 1.165) is 18.6 Å². The van der Waals surface area contributed by atoms with Crippen LogP contribution in [-0.4, -0.2) is 17.4 Å². The molecule has 1 aromatic rings. The summed E-state index contributed by atoms with van der Waals surface area (Å²) in [4.78, 5) is 22.3. The van der Waals surface area contributed by atoms with Crippen LogP contribution < -0.4 is 11.1 Å². The van der Waals surface area contributed by atoms with Crippen LogP contribution >= 0.6 is 11.6 Å². The molecule has 6 nitrogen and oxygen atoms in total. The molecule has 0 bridgehead atoms. The van der Waals surface area contributed by atoms with Crippen LogP contribution in [0.25, 0.3) is 0 Å². The molecule has 7 heteroatoms. The van der Waals surface area contributed by atoms with Gasteiger partial charge in [-0.15, -0.1) is 0 Å². The zero-order valence-electron chi connectivity index (χ0n) is 11.6. The smallest absolute Gasteiger partial charge is 0.271 e. The number of anilines is 1. The lowest BCUT2D eigenvalue weighted by Gasteiger charge is -2.11. The summed E-state index contributed by atoms with van der Waals surface area (Å²) in [6.07, 6.45) is 5.85. The number of nitrogens with two attached hydrogens (primary N) is 1. The highest BCUT2D eigenvalue weighted by atomic mass is 35.5. The molecule has 1 saturated carbocycles. The summed E-state index contributed by atoms with van der Waals surface area (Å²) in [6, 6.07) is 2.30. The fourth-order valence-corrected chi connectivity index (χ4v) is 2.89. The molecule has 1 aliphatic rings. The van der Waals surface area contributed by atoms with E-state index in [1.807, 2.05) is 0 Å². The van der Waals surface area contributed by atoms with Gasteiger partial charge in [-0.3, -0.25) is 14.9 Å². The van der Waals surface area contributed by atoms with Crippen LogP contribution in [0.2, 0.25) is 5.02 Å². The van der Waals surface area contributed by atoms with Crippen molar-refractivity contribution in [1.82, 2.24) is 5.32 Å². The van der Waals surface area contributed by atoms with E-state index in [9.17, 15) is 14.9 Å². The minimum atomic E-state index is -0.597. The van der Waals surface area contributed by atoms with Gasteiger partial charge >= 0.3 is 0 Å². The molecule has 1 fully saturated rings. The minimum absolute atomic E-state index is 0.0187. The standard InChI is InChI=1S/C14H18ClN3O3/c15-12-8-10(18(20)21)7-11(13(12)16)14(19)17-6-5-9-3-1-2-4-9/h7-9H,1-6,16H2,(H,17,19). The largest absolute Gasteiger partial charge is 0.397 e. The molecule has 3 N–H and O–H groups in total. The number of halogens is 1. The first-order chi connectivity index (χ1) is 9.99. The Kier molecular flexibility index (Phi) is 5.01. The number of nitrogens with zero attached hydrogens (tertiary/aromatic N) is 1. The topological polar surface area (TPSA) is 98.3 Å². The fourth-order valence-electron chi connectivity index (χ4n) is 2.68. The Balaban J connectivity index is 2.02. The van der Waals surface area contributed by atoms with Gasteiger partial charge in [-0.25, -0.2) is 0 Å². The van der Waals surface area contributed by atoms with Gasteiger partial charge in [-0.2, -0.15) is 0 Å². The number of nitro benzene ring substituents is 1. The second-order valence-corrected chi connectivity index (χ2v) is 5.75. The maximum atomic E-state index is 12.1. The highest BCUT2D eigenvalue weighted by Crippen LogP contribution is 2.29. The van der Waals surface area contributed by atoms with E-state index in [-0.39, 0.29) is 22.0 Å². The average Bonchev–Trinajstić information content (AvgIpc) is 2.94. The number of amides is 1. The zero-order chi connectivity index (χ0) is 15.4. The summed E-state index contributed by atoms with van der Waals surface area (Å²) in [5.74, 6) is 0.243. The Morgan fingerprint density at radius 1 is 1.43 bits per heavy atom. The predicted molar refractivity (Wildman–Crippen MR) is 81.4 cm³/mol. The molecule has 0 spiro atoms. The molecule has 1 aromatic carbocycles. The van der Waals surface area contributed by atoms with Gasteiger partial charge in [0.15, 0.2) is 0 Å². The van der Waals surface area contributed by atoms with Crippen molar-refractivity contribution >= 4 is 28.9 Å². The van der Waals surface area contributed by atoms with Crippen LogP contribution in [0.15, 0.2) is 12.1 Å². The molecule has 1 aliphatic carbocycles. The predicted octanol–water partition coefficient (Wildman–Crippen LogP) is 3.14. The van der Waals surface area contributed by atoms with E-state index in [1.165, 1.54) is 25.7 Å². The Hall–Kier alpha value is -1.82. The maximum absolute atomic E-state index is 12.1. The molecule has 0 radical (unpaired) electrons. The van der Waals surface area contributed by atoms with Gasteiger partial charge in [-0.1, -0.05) is 37.3 Å². The first-order valence-electron chi connectivity index (χ1n) is 7.00. The normalized spacial score (nSPS) is 15.1. The van der Waals surface area contributed by atoms with Gasteiger partial charge in [0.25, 0.3) is 11.6 Å². The van der Waals surface area contributed by atoms with Gasteiger partial charge in [0.1, 0.15) is 0 Å². The van der Waals surface area contributed by atoms with Crippen molar-refractivity contribution in [1.29, 1.82) is 0 Å². The second kappa shape index (κ2) is 6.76.